The first-order valence-electron chi connectivity index (χ1n) is 7.39. The summed E-state index contributed by atoms with van der Waals surface area (Å²) in [5.41, 5.74) is -1.55. The van der Waals surface area contributed by atoms with E-state index < -0.39 is 38.7 Å². The van der Waals surface area contributed by atoms with Crippen LogP contribution in [0.25, 0.3) is 0 Å². The number of nitrogens with zero attached hydrogens (tertiary/aromatic N) is 3. The number of benzene rings is 1. The number of anilines is 2. The molecule has 0 saturated heterocycles. The summed E-state index contributed by atoms with van der Waals surface area (Å²) in [5.74, 6) is -0.780. The van der Waals surface area contributed by atoms with Crippen LogP contribution < -0.4 is 9.62 Å². The van der Waals surface area contributed by atoms with Crippen molar-refractivity contribution in [2.75, 3.05) is 22.1 Å². The lowest BCUT2D eigenvalue weighted by molar-refractivity contribution is -0.137. The number of sulfonamides is 1. The predicted octanol–water partition coefficient (Wildman–Crippen LogP) is 3.73. The van der Waals surface area contributed by atoms with E-state index in [0.717, 1.165) is 29.7 Å². The second-order valence-electron chi connectivity index (χ2n) is 5.46. The van der Waals surface area contributed by atoms with Crippen molar-refractivity contribution in [3.05, 3.63) is 28.8 Å². The van der Waals surface area contributed by atoms with Crippen LogP contribution in [0.15, 0.2) is 22.5 Å². The zero-order chi connectivity index (χ0) is 21.3. The summed E-state index contributed by atoms with van der Waals surface area (Å²) in [4.78, 5) is 12.5. The van der Waals surface area contributed by atoms with Gasteiger partial charge in [-0.1, -0.05) is 34.7 Å². The normalized spacial score (nSPS) is 13.2. The highest BCUT2D eigenvalue weighted by Gasteiger charge is 2.36. The number of carbonyl (C=O) groups excluding carboxylic acids is 1. The molecule has 1 atom stereocenters. The maximum atomic E-state index is 13.1. The van der Waals surface area contributed by atoms with Crippen LogP contribution in [0.3, 0.4) is 0 Å². The van der Waals surface area contributed by atoms with Crippen LogP contribution in [0.2, 0.25) is 5.02 Å². The van der Waals surface area contributed by atoms with E-state index in [2.05, 4.69) is 15.5 Å². The topological polar surface area (TPSA) is 92.3 Å². The molecule has 0 radical (unpaired) electrons. The highest BCUT2D eigenvalue weighted by Crippen LogP contribution is 2.37. The van der Waals surface area contributed by atoms with Gasteiger partial charge < -0.3 is 0 Å². The third-order valence-electron chi connectivity index (χ3n) is 3.41. The standard InChI is InChI=1S/C14H14ClF3N4O3S3/c1-7(11(23)19-12-20-21-13(26-2)27-12)22(28(3,24)25)8-4-5-10(15)9(6-8)14(16,17)18/h4-7H,1-3H3,(H,19,20,23)/t7-/m0/s1. The summed E-state index contributed by atoms with van der Waals surface area (Å²) in [6.07, 6.45) is -2.24. The summed E-state index contributed by atoms with van der Waals surface area (Å²) in [5, 5.41) is 9.51. The molecule has 0 aliphatic heterocycles. The number of thioether (sulfide) groups is 1. The Hall–Kier alpha value is -1.57. The molecule has 1 heterocycles. The van der Waals surface area contributed by atoms with Crippen molar-refractivity contribution >= 4 is 61.4 Å². The van der Waals surface area contributed by atoms with Crippen molar-refractivity contribution < 1.29 is 26.4 Å². The fraction of sp³-hybridized carbons (Fsp3) is 0.357. The molecule has 28 heavy (non-hydrogen) atoms. The van der Waals surface area contributed by atoms with Crippen molar-refractivity contribution in [2.45, 2.75) is 23.5 Å². The monoisotopic (exact) mass is 474 g/mol. The third-order valence-corrected chi connectivity index (χ3v) is 6.79. The van der Waals surface area contributed by atoms with E-state index in [-0.39, 0.29) is 10.8 Å². The number of halogens is 4. The van der Waals surface area contributed by atoms with Gasteiger partial charge in [-0.3, -0.25) is 14.4 Å². The van der Waals surface area contributed by atoms with E-state index in [9.17, 15) is 26.4 Å². The van der Waals surface area contributed by atoms with Crippen LogP contribution >= 0.6 is 34.7 Å². The predicted molar refractivity (Wildman–Crippen MR) is 104 cm³/mol. The highest BCUT2D eigenvalue weighted by atomic mass is 35.5. The van der Waals surface area contributed by atoms with Gasteiger partial charge in [0.05, 0.1) is 22.5 Å². The molecule has 7 nitrogen and oxygen atoms in total. The molecule has 1 N–H and O–H groups in total. The number of carbonyl (C=O) groups is 1. The lowest BCUT2D eigenvalue weighted by Gasteiger charge is -2.28. The molecular weight excluding hydrogens is 461 g/mol. The molecule has 0 fully saturated rings. The van der Waals surface area contributed by atoms with Gasteiger partial charge in [-0.25, -0.2) is 8.42 Å². The minimum absolute atomic E-state index is 0.140. The first kappa shape index (κ1) is 22.7. The van der Waals surface area contributed by atoms with Crippen molar-refractivity contribution in [3.63, 3.8) is 0 Å². The Morgan fingerprint density at radius 1 is 1.36 bits per heavy atom. The van der Waals surface area contributed by atoms with E-state index >= 15 is 0 Å². The van der Waals surface area contributed by atoms with Crippen LogP contribution in [0.1, 0.15) is 12.5 Å². The zero-order valence-electron chi connectivity index (χ0n) is 14.6. The Labute approximate surface area is 172 Å². The number of alkyl halides is 3. The molecule has 1 aromatic heterocycles. The van der Waals surface area contributed by atoms with Gasteiger partial charge in [0.25, 0.3) is 0 Å². The molecule has 0 unspecified atom stereocenters. The van der Waals surface area contributed by atoms with E-state index in [1.54, 1.807) is 6.26 Å². The first-order chi connectivity index (χ1) is 12.8. The zero-order valence-corrected chi connectivity index (χ0v) is 17.8. The first-order valence-corrected chi connectivity index (χ1v) is 11.7. The van der Waals surface area contributed by atoms with Crippen LogP contribution in [0, 0.1) is 0 Å². The SMILES string of the molecule is CSc1nnc(NC(=O)[C@H](C)N(c2ccc(Cl)c(C(F)(F)F)c2)S(C)(=O)=O)s1. The molecule has 1 aromatic carbocycles. The molecule has 2 aromatic rings. The molecule has 154 valence electrons. The molecular formula is C14H14ClF3N4O3S3. The highest BCUT2D eigenvalue weighted by molar-refractivity contribution is 8.00. The minimum Gasteiger partial charge on any atom is -0.299 e. The number of amides is 1. The van der Waals surface area contributed by atoms with Crippen LogP contribution in [-0.4, -0.2) is 43.1 Å². The molecule has 2 rings (SSSR count). The van der Waals surface area contributed by atoms with Gasteiger partial charge in [0.15, 0.2) is 4.34 Å². The second-order valence-corrected chi connectivity index (χ2v) is 9.76. The number of nitrogens with one attached hydrogen (secondary N) is 1. The summed E-state index contributed by atoms with van der Waals surface area (Å²) in [6.45, 7) is 1.24. The Morgan fingerprint density at radius 3 is 2.50 bits per heavy atom. The molecule has 1 amide bonds. The number of hydrogen-bond donors (Lipinski definition) is 1. The summed E-state index contributed by atoms with van der Waals surface area (Å²) >= 11 is 7.96. The fourth-order valence-electron chi connectivity index (χ4n) is 2.23. The van der Waals surface area contributed by atoms with Crippen molar-refractivity contribution in [1.82, 2.24) is 10.2 Å². The largest absolute Gasteiger partial charge is 0.417 e. The lowest BCUT2D eigenvalue weighted by atomic mass is 10.1. The second kappa shape index (κ2) is 8.43. The van der Waals surface area contributed by atoms with E-state index in [1.807, 2.05) is 0 Å². The quantitative estimate of drug-likeness (QED) is 0.506. The fourth-order valence-corrected chi connectivity index (χ4v) is 4.79. The van der Waals surface area contributed by atoms with Crippen LogP contribution in [-0.2, 0) is 21.0 Å². The van der Waals surface area contributed by atoms with Gasteiger partial charge in [-0.05, 0) is 31.4 Å². The summed E-state index contributed by atoms with van der Waals surface area (Å²) in [7, 11) is -4.10. The van der Waals surface area contributed by atoms with Gasteiger partial charge in [-0.2, -0.15) is 13.2 Å². The Balaban J connectivity index is 2.40. The number of hydrogen-bond acceptors (Lipinski definition) is 7. The van der Waals surface area contributed by atoms with Crippen molar-refractivity contribution in [3.8, 4) is 0 Å². The Morgan fingerprint density at radius 2 is 2.00 bits per heavy atom. The summed E-state index contributed by atoms with van der Waals surface area (Å²) < 4.78 is 65.0. The van der Waals surface area contributed by atoms with Gasteiger partial charge >= 0.3 is 6.18 Å². The maximum absolute atomic E-state index is 13.1. The van der Waals surface area contributed by atoms with Crippen molar-refractivity contribution in [1.29, 1.82) is 0 Å². The van der Waals surface area contributed by atoms with E-state index in [1.165, 1.54) is 18.7 Å². The third kappa shape index (κ3) is 5.27. The molecule has 0 spiro atoms. The van der Waals surface area contributed by atoms with Crippen LogP contribution in [0.4, 0.5) is 24.0 Å². The van der Waals surface area contributed by atoms with Gasteiger partial charge in [0, 0.05) is 0 Å². The number of rotatable bonds is 6. The Bertz CT molecular complexity index is 982. The number of aromatic nitrogens is 2. The maximum Gasteiger partial charge on any atom is 0.417 e. The minimum atomic E-state index is -4.79. The average Bonchev–Trinajstić information content (AvgIpc) is 3.01. The van der Waals surface area contributed by atoms with Gasteiger partial charge in [-0.15, -0.1) is 10.2 Å². The summed E-state index contributed by atoms with van der Waals surface area (Å²) in [6, 6.07) is 1.25. The Kier molecular flexibility index (Phi) is 6.84. The van der Waals surface area contributed by atoms with Crippen molar-refractivity contribution in [2.24, 2.45) is 0 Å². The smallest absolute Gasteiger partial charge is 0.299 e. The van der Waals surface area contributed by atoms with E-state index in [4.69, 9.17) is 11.6 Å². The average molecular weight is 475 g/mol. The van der Waals surface area contributed by atoms with Gasteiger partial charge in [0.2, 0.25) is 21.1 Å². The van der Waals surface area contributed by atoms with E-state index in [0.29, 0.717) is 14.7 Å². The molecule has 0 aliphatic carbocycles. The molecule has 14 heteroatoms. The molecule has 0 aliphatic rings. The lowest BCUT2D eigenvalue weighted by Crippen LogP contribution is -2.45. The van der Waals surface area contributed by atoms with Gasteiger partial charge in [0.1, 0.15) is 6.04 Å². The molecule has 0 bridgehead atoms. The molecule has 0 saturated carbocycles. The van der Waals surface area contributed by atoms with Crippen LogP contribution in [0.5, 0.6) is 0 Å².